The van der Waals surface area contributed by atoms with Crippen molar-refractivity contribution in [1.82, 2.24) is 10.3 Å². The van der Waals surface area contributed by atoms with Crippen molar-refractivity contribution in [2.24, 2.45) is 0 Å². The first-order chi connectivity index (χ1) is 9.74. The number of nitrogens with zero attached hydrogens (tertiary/aromatic N) is 1. The molecule has 0 aliphatic heterocycles. The van der Waals surface area contributed by atoms with E-state index in [-0.39, 0.29) is 6.04 Å². The van der Waals surface area contributed by atoms with Gasteiger partial charge in [-0.25, -0.2) is 0 Å². The number of aromatic nitrogens is 1. The lowest BCUT2D eigenvalue weighted by atomic mass is 10.1. The lowest BCUT2D eigenvalue weighted by molar-refractivity contribution is 0.315. The molecule has 1 atom stereocenters. The Hall–Kier alpha value is -1.81. The summed E-state index contributed by atoms with van der Waals surface area (Å²) in [7, 11) is 0. The Labute approximate surface area is 120 Å². The van der Waals surface area contributed by atoms with Crippen molar-refractivity contribution >= 4 is 0 Å². The van der Waals surface area contributed by atoms with Gasteiger partial charge in [-0.2, -0.15) is 0 Å². The Morgan fingerprint density at radius 2 is 2.15 bits per heavy atom. The van der Waals surface area contributed by atoms with Gasteiger partial charge < -0.3 is 14.5 Å². The van der Waals surface area contributed by atoms with E-state index in [0.717, 1.165) is 35.8 Å². The second-order valence-corrected chi connectivity index (χ2v) is 4.74. The van der Waals surface area contributed by atoms with E-state index in [1.807, 2.05) is 31.3 Å². The molecule has 0 saturated heterocycles. The summed E-state index contributed by atoms with van der Waals surface area (Å²) >= 11 is 0. The fraction of sp³-hybridized carbons (Fsp3) is 0.438. The molecule has 2 aromatic rings. The fourth-order valence-electron chi connectivity index (χ4n) is 2.09. The molecule has 0 aliphatic rings. The minimum absolute atomic E-state index is 0.00590. The van der Waals surface area contributed by atoms with Gasteiger partial charge >= 0.3 is 0 Å². The third-order valence-electron chi connectivity index (χ3n) is 2.99. The summed E-state index contributed by atoms with van der Waals surface area (Å²) in [5.41, 5.74) is 1.05. The van der Waals surface area contributed by atoms with E-state index in [1.165, 1.54) is 0 Å². The highest BCUT2D eigenvalue weighted by Gasteiger charge is 2.17. The van der Waals surface area contributed by atoms with Crippen LogP contribution in [0.5, 0.6) is 5.75 Å². The Morgan fingerprint density at radius 1 is 1.30 bits per heavy atom. The van der Waals surface area contributed by atoms with Crippen LogP contribution >= 0.6 is 0 Å². The molecule has 1 unspecified atom stereocenters. The molecular formula is C16H22N2O2. The van der Waals surface area contributed by atoms with Crippen LogP contribution in [0.3, 0.4) is 0 Å². The van der Waals surface area contributed by atoms with Gasteiger partial charge in [-0.3, -0.25) is 4.98 Å². The molecule has 20 heavy (non-hydrogen) atoms. The number of hydrogen-bond donors (Lipinski definition) is 1. The van der Waals surface area contributed by atoms with Crippen LogP contribution in [0.15, 0.2) is 35.0 Å². The number of rotatable bonds is 7. The highest BCUT2D eigenvalue weighted by atomic mass is 16.5. The minimum atomic E-state index is 0.00590. The van der Waals surface area contributed by atoms with Gasteiger partial charge in [-0.05, 0) is 43.7 Å². The summed E-state index contributed by atoms with van der Waals surface area (Å²) in [6.45, 7) is 7.67. The zero-order valence-corrected chi connectivity index (χ0v) is 12.3. The number of pyridine rings is 1. The van der Waals surface area contributed by atoms with Gasteiger partial charge in [-0.15, -0.1) is 0 Å². The lowest BCUT2D eigenvalue weighted by Crippen LogP contribution is -2.21. The van der Waals surface area contributed by atoms with Gasteiger partial charge in [0.05, 0.1) is 18.8 Å². The van der Waals surface area contributed by atoms with Crippen LogP contribution in [-0.2, 0) is 0 Å². The Kier molecular flexibility index (Phi) is 5.18. The zero-order valence-electron chi connectivity index (χ0n) is 12.3. The van der Waals surface area contributed by atoms with Gasteiger partial charge in [0.25, 0.3) is 0 Å². The quantitative estimate of drug-likeness (QED) is 0.839. The van der Waals surface area contributed by atoms with E-state index in [4.69, 9.17) is 9.15 Å². The number of ether oxygens (including phenoxy) is 1. The molecule has 1 N–H and O–H groups in total. The third-order valence-corrected chi connectivity index (χ3v) is 2.99. The predicted molar refractivity (Wildman–Crippen MR) is 79.0 cm³/mol. The number of aryl methyl sites for hydroxylation is 1. The second-order valence-electron chi connectivity index (χ2n) is 4.74. The Balaban J connectivity index is 2.24. The second kappa shape index (κ2) is 7.10. The molecule has 4 nitrogen and oxygen atoms in total. The van der Waals surface area contributed by atoms with Crippen molar-refractivity contribution in [3.8, 4) is 5.75 Å². The van der Waals surface area contributed by atoms with Crippen molar-refractivity contribution < 1.29 is 9.15 Å². The van der Waals surface area contributed by atoms with Gasteiger partial charge in [0.15, 0.2) is 0 Å². The van der Waals surface area contributed by atoms with Crippen LogP contribution in [-0.4, -0.2) is 18.1 Å². The third kappa shape index (κ3) is 3.61. The van der Waals surface area contributed by atoms with Crippen LogP contribution < -0.4 is 10.1 Å². The first kappa shape index (κ1) is 14.6. The molecule has 2 heterocycles. The maximum absolute atomic E-state index is 5.74. The van der Waals surface area contributed by atoms with Crippen LogP contribution in [0, 0.1) is 6.92 Å². The number of furan rings is 1. The average Bonchev–Trinajstić information content (AvgIpc) is 2.89. The van der Waals surface area contributed by atoms with E-state index < -0.39 is 0 Å². The molecule has 0 fully saturated rings. The Morgan fingerprint density at radius 3 is 2.80 bits per heavy atom. The van der Waals surface area contributed by atoms with Crippen molar-refractivity contribution in [2.45, 2.75) is 33.2 Å². The molecule has 0 bridgehead atoms. The van der Waals surface area contributed by atoms with Crippen LogP contribution in [0.4, 0.5) is 0 Å². The predicted octanol–water partition coefficient (Wildman–Crippen LogP) is 3.47. The van der Waals surface area contributed by atoms with Crippen LogP contribution in [0.25, 0.3) is 0 Å². The monoisotopic (exact) mass is 274 g/mol. The van der Waals surface area contributed by atoms with Crippen molar-refractivity contribution in [2.75, 3.05) is 13.2 Å². The average molecular weight is 274 g/mol. The molecule has 0 spiro atoms. The summed E-state index contributed by atoms with van der Waals surface area (Å²) in [5, 5.41) is 3.42. The summed E-state index contributed by atoms with van der Waals surface area (Å²) in [5.74, 6) is 2.61. The molecule has 0 radical (unpaired) electrons. The normalized spacial score (nSPS) is 12.3. The summed E-state index contributed by atoms with van der Waals surface area (Å²) in [6, 6.07) is 6.01. The smallest absolute Gasteiger partial charge is 0.137 e. The summed E-state index contributed by atoms with van der Waals surface area (Å²) in [4.78, 5) is 4.27. The topological polar surface area (TPSA) is 47.3 Å². The molecule has 2 aromatic heterocycles. The highest BCUT2D eigenvalue weighted by Crippen LogP contribution is 2.25. The lowest BCUT2D eigenvalue weighted by Gasteiger charge is -2.16. The van der Waals surface area contributed by atoms with Crippen LogP contribution in [0.1, 0.15) is 43.4 Å². The maximum atomic E-state index is 5.74. The van der Waals surface area contributed by atoms with E-state index >= 15 is 0 Å². The fourth-order valence-corrected chi connectivity index (χ4v) is 2.09. The SMILES string of the molecule is CCCOc1cncc(C(NCC)c2ccc(C)o2)c1. The first-order valence-corrected chi connectivity index (χ1v) is 7.12. The Bertz CT molecular complexity index is 537. The maximum Gasteiger partial charge on any atom is 0.137 e. The van der Waals surface area contributed by atoms with Gasteiger partial charge in [-0.1, -0.05) is 13.8 Å². The van der Waals surface area contributed by atoms with Gasteiger partial charge in [0, 0.05) is 6.20 Å². The zero-order chi connectivity index (χ0) is 14.4. The van der Waals surface area contributed by atoms with Crippen molar-refractivity contribution in [3.05, 3.63) is 47.7 Å². The van der Waals surface area contributed by atoms with E-state index in [2.05, 4.69) is 24.1 Å². The first-order valence-electron chi connectivity index (χ1n) is 7.12. The largest absolute Gasteiger partial charge is 0.492 e. The summed E-state index contributed by atoms with van der Waals surface area (Å²) in [6.07, 6.45) is 4.58. The van der Waals surface area contributed by atoms with Crippen molar-refractivity contribution in [3.63, 3.8) is 0 Å². The van der Waals surface area contributed by atoms with E-state index in [0.29, 0.717) is 6.61 Å². The van der Waals surface area contributed by atoms with Gasteiger partial charge in [0.2, 0.25) is 0 Å². The van der Waals surface area contributed by atoms with Crippen LogP contribution in [0.2, 0.25) is 0 Å². The molecule has 0 aliphatic carbocycles. The molecule has 0 aromatic carbocycles. The minimum Gasteiger partial charge on any atom is -0.492 e. The molecule has 0 amide bonds. The molecule has 0 saturated carbocycles. The molecule has 108 valence electrons. The molecule has 4 heteroatoms. The van der Waals surface area contributed by atoms with Gasteiger partial charge in [0.1, 0.15) is 17.3 Å². The van der Waals surface area contributed by atoms with E-state index in [1.54, 1.807) is 6.20 Å². The number of hydrogen-bond acceptors (Lipinski definition) is 4. The molecular weight excluding hydrogens is 252 g/mol. The highest BCUT2D eigenvalue weighted by molar-refractivity contribution is 5.31. The molecule has 2 rings (SSSR count). The standard InChI is InChI=1S/C16H22N2O2/c1-4-8-19-14-9-13(10-17-11-14)16(18-5-2)15-7-6-12(3)20-15/h6-7,9-11,16,18H,4-5,8H2,1-3H3. The van der Waals surface area contributed by atoms with E-state index in [9.17, 15) is 0 Å². The number of nitrogens with one attached hydrogen (secondary N) is 1. The van der Waals surface area contributed by atoms with Crippen molar-refractivity contribution in [1.29, 1.82) is 0 Å². The summed E-state index contributed by atoms with van der Waals surface area (Å²) < 4.78 is 11.4.